The number of phenols is 1. The molecule has 1 fully saturated rings. The maximum atomic E-state index is 9.43. The number of hydrogen-bond acceptors (Lipinski definition) is 3. The molecule has 0 radical (unpaired) electrons. The Bertz CT molecular complexity index is 423. The summed E-state index contributed by atoms with van der Waals surface area (Å²) in [4.78, 5) is 2.47. The Kier molecular flexibility index (Phi) is 5.00. The predicted molar refractivity (Wildman–Crippen MR) is 79.2 cm³/mol. The topological polar surface area (TPSA) is 35.5 Å². The molecule has 0 aliphatic carbocycles. The zero-order chi connectivity index (χ0) is 13.7. The van der Waals surface area contributed by atoms with Crippen molar-refractivity contribution >= 4 is 0 Å². The molecule has 1 aromatic carbocycles. The van der Waals surface area contributed by atoms with Gasteiger partial charge in [0, 0.05) is 19.1 Å². The third kappa shape index (κ3) is 4.69. The van der Waals surface area contributed by atoms with Gasteiger partial charge >= 0.3 is 0 Å². The lowest BCUT2D eigenvalue weighted by molar-refractivity contribution is 0.211. The van der Waals surface area contributed by atoms with E-state index < -0.39 is 0 Å². The van der Waals surface area contributed by atoms with Crippen LogP contribution in [0.1, 0.15) is 25.3 Å². The van der Waals surface area contributed by atoms with Crippen LogP contribution in [0.15, 0.2) is 36.4 Å². The van der Waals surface area contributed by atoms with Crippen LogP contribution in [0.4, 0.5) is 0 Å². The van der Waals surface area contributed by atoms with Gasteiger partial charge in [-0.2, -0.15) is 0 Å². The normalized spacial score (nSPS) is 17.5. The Morgan fingerprint density at radius 2 is 2.16 bits per heavy atom. The maximum Gasteiger partial charge on any atom is 0.115 e. The predicted octanol–water partition coefficient (Wildman–Crippen LogP) is 2.52. The molecular formula is C16H24N2O. The van der Waals surface area contributed by atoms with E-state index >= 15 is 0 Å². The Hall–Kier alpha value is -1.32. The first-order valence-electron chi connectivity index (χ1n) is 7.01. The van der Waals surface area contributed by atoms with E-state index in [1.165, 1.54) is 18.4 Å². The number of nitrogens with zero attached hydrogens (tertiary/aromatic N) is 1. The molecule has 0 atom stereocenters. The van der Waals surface area contributed by atoms with Gasteiger partial charge in [0.25, 0.3) is 0 Å². The molecule has 0 unspecified atom stereocenters. The van der Waals surface area contributed by atoms with Crippen molar-refractivity contribution < 1.29 is 5.11 Å². The third-order valence-corrected chi connectivity index (χ3v) is 3.59. The first kappa shape index (κ1) is 14.1. The van der Waals surface area contributed by atoms with Crippen molar-refractivity contribution in [1.82, 2.24) is 10.2 Å². The zero-order valence-corrected chi connectivity index (χ0v) is 11.7. The average Bonchev–Trinajstić information content (AvgIpc) is 2.37. The van der Waals surface area contributed by atoms with Crippen LogP contribution in [0.5, 0.6) is 5.75 Å². The van der Waals surface area contributed by atoms with Crippen molar-refractivity contribution in [2.45, 2.75) is 32.4 Å². The number of phenolic OH excluding ortho intramolecular Hbond substituents is 1. The molecule has 1 aliphatic rings. The summed E-state index contributed by atoms with van der Waals surface area (Å²) in [6.45, 7) is 10.2. The van der Waals surface area contributed by atoms with Gasteiger partial charge in [-0.05, 0) is 50.6 Å². The van der Waals surface area contributed by atoms with Crippen LogP contribution >= 0.6 is 0 Å². The quantitative estimate of drug-likeness (QED) is 0.799. The molecule has 2 N–H and O–H groups in total. The van der Waals surface area contributed by atoms with E-state index in [0.29, 0.717) is 11.8 Å². The first-order chi connectivity index (χ1) is 9.13. The van der Waals surface area contributed by atoms with E-state index in [0.717, 1.165) is 31.7 Å². The minimum atomic E-state index is 0.343. The number of likely N-dealkylation sites (tertiary alicyclic amines) is 1. The van der Waals surface area contributed by atoms with Gasteiger partial charge < -0.3 is 10.4 Å². The van der Waals surface area contributed by atoms with Crippen LogP contribution in [-0.2, 0) is 6.54 Å². The third-order valence-electron chi connectivity index (χ3n) is 3.59. The lowest BCUT2D eigenvalue weighted by Gasteiger charge is -2.32. The number of benzene rings is 1. The van der Waals surface area contributed by atoms with E-state index in [-0.39, 0.29) is 0 Å². The van der Waals surface area contributed by atoms with Crippen LogP contribution < -0.4 is 5.32 Å². The summed E-state index contributed by atoms with van der Waals surface area (Å²) >= 11 is 0. The molecule has 1 heterocycles. The molecule has 19 heavy (non-hydrogen) atoms. The molecule has 104 valence electrons. The molecule has 1 aromatic rings. The van der Waals surface area contributed by atoms with Gasteiger partial charge in [0.05, 0.1) is 0 Å². The molecule has 1 saturated heterocycles. The minimum absolute atomic E-state index is 0.343. The molecular weight excluding hydrogens is 236 g/mol. The molecule has 0 bridgehead atoms. The monoisotopic (exact) mass is 260 g/mol. The average molecular weight is 260 g/mol. The molecule has 0 saturated carbocycles. The number of nitrogens with one attached hydrogen (secondary N) is 1. The van der Waals surface area contributed by atoms with Gasteiger partial charge in [-0.3, -0.25) is 4.90 Å². The molecule has 0 amide bonds. The Labute approximate surface area is 115 Å². The van der Waals surface area contributed by atoms with Gasteiger partial charge in [-0.15, -0.1) is 0 Å². The molecule has 1 aliphatic heterocycles. The Balaban J connectivity index is 1.72. The van der Waals surface area contributed by atoms with Crippen molar-refractivity contribution in [2.75, 3.05) is 19.6 Å². The van der Waals surface area contributed by atoms with Crippen LogP contribution in [0, 0.1) is 0 Å². The highest BCUT2D eigenvalue weighted by molar-refractivity contribution is 5.26. The standard InChI is InChI=1S/C16H24N2O/c1-13(2)12-18-8-6-15(7-9-18)17-11-14-4-3-5-16(19)10-14/h3-5,10,15,17,19H,1,6-9,11-12H2,2H3. The number of hydrogen-bond donors (Lipinski definition) is 2. The highest BCUT2D eigenvalue weighted by atomic mass is 16.3. The first-order valence-corrected chi connectivity index (χ1v) is 7.01. The zero-order valence-electron chi connectivity index (χ0n) is 11.7. The van der Waals surface area contributed by atoms with E-state index in [9.17, 15) is 5.11 Å². The summed E-state index contributed by atoms with van der Waals surface area (Å²) in [6.07, 6.45) is 2.37. The van der Waals surface area contributed by atoms with Gasteiger partial charge in [0.1, 0.15) is 5.75 Å². The summed E-state index contributed by atoms with van der Waals surface area (Å²) in [5.41, 5.74) is 2.38. The van der Waals surface area contributed by atoms with Crippen molar-refractivity contribution in [1.29, 1.82) is 0 Å². The minimum Gasteiger partial charge on any atom is -0.508 e. The van der Waals surface area contributed by atoms with Crippen molar-refractivity contribution in [3.63, 3.8) is 0 Å². The fourth-order valence-corrected chi connectivity index (χ4v) is 2.61. The Morgan fingerprint density at radius 1 is 1.42 bits per heavy atom. The summed E-state index contributed by atoms with van der Waals surface area (Å²) < 4.78 is 0. The van der Waals surface area contributed by atoms with Crippen LogP contribution in [-0.4, -0.2) is 35.7 Å². The van der Waals surface area contributed by atoms with Crippen LogP contribution in [0.3, 0.4) is 0 Å². The molecule has 3 heteroatoms. The van der Waals surface area contributed by atoms with E-state index in [2.05, 4.69) is 23.7 Å². The van der Waals surface area contributed by atoms with E-state index in [1.54, 1.807) is 6.07 Å². The fraction of sp³-hybridized carbons (Fsp3) is 0.500. The summed E-state index contributed by atoms with van der Waals surface area (Å²) in [7, 11) is 0. The lowest BCUT2D eigenvalue weighted by Crippen LogP contribution is -2.42. The molecule has 3 nitrogen and oxygen atoms in total. The van der Waals surface area contributed by atoms with Crippen molar-refractivity contribution in [3.8, 4) is 5.75 Å². The highest BCUT2D eigenvalue weighted by Crippen LogP contribution is 2.14. The van der Waals surface area contributed by atoms with Gasteiger partial charge in [-0.25, -0.2) is 0 Å². The maximum absolute atomic E-state index is 9.43. The van der Waals surface area contributed by atoms with Gasteiger partial charge in [-0.1, -0.05) is 24.3 Å². The second-order valence-corrected chi connectivity index (χ2v) is 5.56. The molecule has 2 rings (SSSR count). The van der Waals surface area contributed by atoms with Crippen LogP contribution in [0.25, 0.3) is 0 Å². The second kappa shape index (κ2) is 6.73. The van der Waals surface area contributed by atoms with Crippen molar-refractivity contribution in [3.05, 3.63) is 42.0 Å². The van der Waals surface area contributed by atoms with Gasteiger partial charge in [0.15, 0.2) is 0 Å². The second-order valence-electron chi connectivity index (χ2n) is 5.56. The van der Waals surface area contributed by atoms with E-state index in [4.69, 9.17) is 0 Å². The largest absolute Gasteiger partial charge is 0.508 e. The Morgan fingerprint density at radius 3 is 2.79 bits per heavy atom. The van der Waals surface area contributed by atoms with E-state index in [1.807, 2.05) is 18.2 Å². The summed E-state index contributed by atoms with van der Waals surface area (Å²) in [5.74, 6) is 0.343. The van der Waals surface area contributed by atoms with Crippen molar-refractivity contribution in [2.24, 2.45) is 0 Å². The smallest absolute Gasteiger partial charge is 0.115 e. The fourth-order valence-electron chi connectivity index (χ4n) is 2.61. The van der Waals surface area contributed by atoms with Crippen LogP contribution in [0.2, 0.25) is 0 Å². The number of aromatic hydroxyl groups is 1. The molecule has 0 spiro atoms. The SMILES string of the molecule is C=C(C)CN1CCC(NCc2cccc(O)c2)CC1. The number of rotatable bonds is 5. The lowest BCUT2D eigenvalue weighted by atomic mass is 10.0. The molecule has 0 aromatic heterocycles. The number of piperidine rings is 1. The highest BCUT2D eigenvalue weighted by Gasteiger charge is 2.18. The summed E-state index contributed by atoms with van der Waals surface area (Å²) in [6, 6.07) is 8.05. The van der Waals surface area contributed by atoms with Gasteiger partial charge in [0.2, 0.25) is 0 Å². The summed E-state index contributed by atoms with van der Waals surface area (Å²) in [5, 5.41) is 13.0.